The summed E-state index contributed by atoms with van der Waals surface area (Å²) >= 11 is 0. The van der Waals surface area contributed by atoms with Crippen molar-refractivity contribution in [3.8, 4) is 16.9 Å². The Balaban J connectivity index is 1.75. The van der Waals surface area contributed by atoms with E-state index in [-0.39, 0.29) is 5.78 Å². The van der Waals surface area contributed by atoms with Gasteiger partial charge in [0, 0.05) is 42.5 Å². The third kappa shape index (κ3) is 3.65. The topological polar surface area (TPSA) is 65.6 Å². The lowest BCUT2D eigenvalue weighted by molar-refractivity contribution is 0.104. The van der Waals surface area contributed by atoms with Crippen LogP contribution in [0.25, 0.3) is 23.0 Å². The molecule has 0 saturated carbocycles. The van der Waals surface area contributed by atoms with Gasteiger partial charge in [-0.3, -0.25) is 14.5 Å². The van der Waals surface area contributed by atoms with E-state index in [9.17, 15) is 4.79 Å². The fourth-order valence-corrected chi connectivity index (χ4v) is 3.34. The standard InChI is InChI=1S/C23H21N5O/c1-16-22(17(2)27(3)25-16)21(29)10-9-19-15-28(20-7-5-4-6-8-20)26-23(19)18-11-13-24-14-12-18/h4-15H,1-3H3/b10-9+. The van der Waals surface area contributed by atoms with Gasteiger partial charge in [-0.2, -0.15) is 10.2 Å². The summed E-state index contributed by atoms with van der Waals surface area (Å²) in [6.45, 7) is 3.75. The second-order valence-electron chi connectivity index (χ2n) is 6.82. The van der Waals surface area contributed by atoms with Crippen molar-refractivity contribution in [3.05, 3.63) is 89.6 Å². The largest absolute Gasteiger partial charge is 0.289 e. The second kappa shape index (κ2) is 7.67. The Morgan fingerprint density at radius 3 is 2.38 bits per heavy atom. The number of para-hydroxylation sites is 1. The monoisotopic (exact) mass is 383 g/mol. The molecule has 3 aromatic heterocycles. The van der Waals surface area contributed by atoms with Crippen molar-refractivity contribution in [1.82, 2.24) is 24.5 Å². The molecule has 0 aliphatic rings. The lowest BCUT2D eigenvalue weighted by Gasteiger charge is -2.00. The van der Waals surface area contributed by atoms with E-state index in [1.807, 2.05) is 80.3 Å². The predicted octanol–water partition coefficient (Wildman–Crippen LogP) is 4.18. The summed E-state index contributed by atoms with van der Waals surface area (Å²) in [6.07, 6.45) is 8.80. The molecule has 0 atom stereocenters. The van der Waals surface area contributed by atoms with Gasteiger partial charge in [0.05, 0.1) is 16.9 Å². The van der Waals surface area contributed by atoms with Gasteiger partial charge in [0.15, 0.2) is 5.78 Å². The zero-order chi connectivity index (χ0) is 20.4. The fraction of sp³-hybridized carbons (Fsp3) is 0.130. The molecule has 0 saturated heterocycles. The highest BCUT2D eigenvalue weighted by Crippen LogP contribution is 2.25. The number of nitrogens with zero attached hydrogens (tertiary/aromatic N) is 5. The quantitative estimate of drug-likeness (QED) is 0.383. The first kappa shape index (κ1) is 18.6. The van der Waals surface area contributed by atoms with Gasteiger partial charge in [0.25, 0.3) is 0 Å². The third-order valence-corrected chi connectivity index (χ3v) is 4.89. The molecule has 4 rings (SSSR count). The van der Waals surface area contributed by atoms with Gasteiger partial charge in [-0.15, -0.1) is 0 Å². The minimum atomic E-state index is -0.0683. The molecule has 0 bridgehead atoms. The van der Waals surface area contributed by atoms with Crippen LogP contribution in [0.1, 0.15) is 27.3 Å². The van der Waals surface area contributed by atoms with Gasteiger partial charge >= 0.3 is 0 Å². The Morgan fingerprint density at radius 2 is 1.72 bits per heavy atom. The number of hydrogen-bond donors (Lipinski definition) is 0. The number of benzene rings is 1. The van der Waals surface area contributed by atoms with Crippen LogP contribution in [0.4, 0.5) is 0 Å². The van der Waals surface area contributed by atoms with Crippen LogP contribution in [-0.4, -0.2) is 30.3 Å². The molecule has 0 radical (unpaired) electrons. The summed E-state index contributed by atoms with van der Waals surface area (Å²) in [5.41, 5.74) is 5.76. The van der Waals surface area contributed by atoms with Gasteiger partial charge in [-0.25, -0.2) is 4.68 Å². The first-order valence-electron chi connectivity index (χ1n) is 9.32. The van der Waals surface area contributed by atoms with E-state index in [4.69, 9.17) is 5.10 Å². The molecule has 6 nitrogen and oxygen atoms in total. The summed E-state index contributed by atoms with van der Waals surface area (Å²) in [7, 11) is 1.84. The van der Waals surface area contributed by atoms with Gasteiger partial charge in [0.1, 0.15) is 5.69 Å². The van der Waals surface area contributed by atoms with Crippen LogP contribution < -0.4 is 0 Å². The minimum Gasteiger partial charge on any atom is -0.289 e. The molecule has 0 fully saturated rings. The Hall–Kier alpha value is -3.80. The number of pyridine rings is 1. The molecule has 4 aromatic rings. The maximum absolute atomic E-state index is 12.8. The normalized spacial score (nSPS) is 11.3. The molecule has 3 heterocycles. The molecule has 0 aliphatic carbocycles. The zero-order valence-corrected chi connectivity index (χ0v) is 16.6. The van der Waals surface area contributed by atoms with Crippen molar-refractivity contribution in [2.45, 2.75) is 13.8 Å². The lowest BCUT2D eigenvalue weighted by atomic mass is 10.1. The van der Waals surface area contributed by atoms with Crippen molar-refractivity contribution in [2.75, 3.05) is 0 Å². The van der Waals surface area contributed by atoms with Gasteiger partial charge in [0.2, 0.25) is 0 Å². The number of rotatable bonds is 5. The molecule has 144 valence electrons. The van der Waals surface area contributed by atoms with E-state index in [1.165, 1.54) is 0 Å². The van der Waals surface area contributed by atoms with E-state index in [2.05, 4.69) is 10.1 Å². The molecule has 0 N–H and O–H groups in total. The van der Waals surface area contributed by atoms with Crippen molar-refractivity contribution in [2.24, 2.45) is 7.05 Å². The van der Waals surface area contributed by atoms with Crippen molar-refractivity contribution < 1.29 is 4.79 Å². The van der Waals surface area contributed by atoms with Gasteiger partial charge in [-0.05, 0) is 50.3 Å². The van der Waals surface area contributed by atoms with E-state index < -0.39 is 0 Å². The van der Waals surface area contributed by atoms with E-state index in [1.54, 1.807) is 23.2 Å². The van der Waals surface area contributed by atoms with E-state index >= 15 is 0 Å². The van der Waals surface area contributed by atoms with Crippen molar-refractivity contribution in [1.29, 1.82) is 0 Å². The summed E-state index contributed by atoms with van der Waals surface area (Å²) in [5.74, 6) is -0.0683. The number of allylic oxidation sites excluding steroid dienone is 1. The number of aromatic nitrogens is 5. The predicted molar refractivity (Wildman–Crippen MR) is 113 cm³/mol. The van der Waals surface area contributed by atoms with Crippen LogP contribution in [0.2, 0.25) is 0 Å². The minimum absolute atomic E-state index is 0.0683. The van der Waals surface area contributed by atoms with Crippen LogP contribution in [0.5, 0.6) is 0 Å². The highest BCUT2D eigenvalue weighted by atomic mass is 16.1. The summed E-state index contributed by atoms with van der Waals surface area (Å²) in [6, 6.07) is 13.7. The molecule has 29 heavy (non-hydrogen) atoms. The molecule has 0 aliphatic heterocycles. The van der Waals surface area contributed by atoms with Crippen LogP contribution in [-0.2, 0) is 7.05 Å². The Labute approximate surface area is 169 Å². The number of carbonyl (C=O) groups is 1. The fourth-order valence-electron chi connectivity index (χ4n) is 3.34. The molecule has 0 unspecified atom stereocenters. The maximum atomic E-state index is 12.8. The molecule has 0 spiro atoms. The summed E-state index contributed by atoms with van der Waals surface area (Å²) in [5, 5.41) is 9.08. The highest BCUT2D eigenvalue weighted by Gasteiger charge is 2.16. The Kier molecular flexibility index (Phi) is 4.91. The Bertz CT molecular complexity index is 1190. The molecular formula is C23H21N5O. The van der Waals surface area contributed by atoms with E-state index in [0.717, 1.165) is 33.9 Å². The van der Waals surface area contributed by atoms with Gasteiger partial charge in [-0.1, -0.05) is 18.2 Å². The lowest BCUT2D eigenvalue weighted by Crippen LogP contribution is -1.99. The SMILES string of the molecule is Cc1nn(C)c(C)c1C(=O)/C=C/c1cn(-c2ccccc2)nc1-c1ccncc1. The van der Waals surface area contributed by atoms with Crippen molar-refractivity contribution >= 4 is 11.9 Å². The first-order chi connectivity index (χ1) is 14.0. The van der Waals surface area contributed by atoms with Crippen LogP contribution >= 0.6 is 0 Å². The van der Waals surface area contributed by atoms with Crippen LogP contribution in [0, 0.1) is 13.8 Å². The molecule has 0 amide bonds. The number of carbonyl (C=O) groups excluding carboxylic acids is 1. The first-order valence-corrected chi connectivity index (χ1v) is 9.32. The highest BCUT2D eigenvalue weighted by molar-refractivity contribution is 6.08. The Morgan fingerprint density at radius 1 is 1.00 bits per heavy atom. The number of ketones is 1. The van der Waals surface area contributed by atoms with Crippen LogP contribution in [0.15, 0.2) is 67.1 Å². The summed E-state index contributed by atoms with van der Waals surface area (Å²) < 4.78 is 3.55. The number of hydrogen-bond acceptors (Lipinski definition) is 4. The average Bonchev–Trinajstić information content (AvgIpc) is 3.28. The third-order valence-electron chi connectivity index (χ3n) is 4.89. The van der Waals surface area contributed by atoms with Crippen molar-refractivity contribution in [3.63, 3.8) is 0 Å². The smallest absolute Gasteiger partial charge is 0.189 e. The second-order valence-corrected chi connectivity index (χ2v) is 6.82. The van der Waals surface area contributed by atoms with E-state index in [0.29, 0.717) is 5.56 Å². The molecular weight excluding hydrogens is 362 g/mol. The summed E-state index contributed by atoms with van der Waals surface area (Å²) in [4.78, 5) is 16.9. The molecule has 6 heteroatoms. The average molecular weight is 383 g/mol. The maximum Gasteiger partial charge on any atom is 0.189 e. The van der Waals surface area contributed by atoms with Crippen LogP contribution in [0.3, 0.4) is 0 Å². The molecule has 1 aromatic carbocycles. The zero-order valence-electron chi connectivity index (χ0n) is 16.6. The van der Waals surface area contributed by atoms with Gasteiger partial charge < -0.3 is 0 Å². The number of aryl methyl sites for hydroxylation is 2.